The average molecular weight is 425 g/mol. The Morgan fingerprint density at radius 2 is 1.87 bits per heavy atom. The molecule has 4 heterocycles. The summed E-state index contributed by atoms with van der Waals surface area (Å²) in [6, 6.07) is 3.74. The molecular weight excluding hydrogens is 392 g/mol. The van der Waals surface area contributed by atoms with E-state index >= 15 is 0 Å². The molecule has 2 aliphatic rings. The van der Waals surface area contributed by atoms with Crippen molar-refractivity contribution < 1.29 is 9.59 Å². The Bertz CT molecular complexity index is 926. The molecule has 0 aromatic carbocycles. The lowest BCUT2D eigenvalue weighted by atomic mass is 9.93. The van der Waals surface area contributed by atoms with E-state index in [1.165, 1.54) is 19.3 Å². The van der Waals surface area contributed by atoms with Crippen molar-refractivity contribution in [2.24, 2.45) is 13.0 Å². The molecule has 2 amide bonds. The van der Waals surface area contributed by atoms with E-state index < -0.39 is 0 Å². The summed E-state index contributed by atoms with van der Waals surface area (Å²) in [4.78, 5) is 34.1. The molecule has 0 unspecified atom stereocenters. The highest BCUT2D eigenvalue weighted by Gasteiger charge is 2.26. The molecule has 0 aliphatic carbocycles. The lowest BCUT2D eigenvalue weighted by Crippen LogP contribution is -2.39. The maximum absolute atomic E-state index is 13.0. The first kappa shape index (κ1) is 21.3. The van der Waals surface area contributed by atoms with Crippen molar-refractivity contribution in [2.45, 2.75) is 45.4 Å². The molecule has 31 heavy (non-hydrogen) atoms. The van der Waals surface area contributed by atoms with Crippen LogP contribution in [0.1, 0.15) is 54.6 Å². The van der Waals surface area contributed by atoms with Crippen LogP contribution in [0, 0.1) is 12.8 Å². The van der Waals surface area contributed by atoms with Gasteiger partial charge in [0.1, 0.15) is 5.82 Å². The maximum atomic E-state index is 13.0. The van der Waals surface area contributed by atoms with E-state index in [0.717, 1.165) is 43.1 Å². The van der Waals surface area contributed by atoms with Gasteiger partial charge in [0.25, 0.3) is 5.91 Å². The fourth-order valence-electron chi connectivity index (χ4n) is 4.45. The first-order valence-electron chi connectivity index (χ1n) is 11.3. The summed E-state index contributed by atoms with van der Waals surface area (Å²) in [5.41, 5.74) is 2.41. The van der Waals surface area contributed by atoms with Crippen LogP contribution in [0.2, 0.25) is 0 Å². The molecule has 8 heteroatoms. The molecule has 4 rings (SSSR count). The van der Waals surface area contributed by atoms with Crippen molar-refractivity contribution in [3.8, 4) is 0 Å². The molecule has 2 aromatic heterocycles. The largest absolute Gasteiger partial charge is 0.357 e. The first-order valence-corrected chi connectivity index (χ1v) is 11.3. The second-order valence-electron chi connectivity index (χ2n) is 8.71. The minimum absolute atomic E-state index is 0.0150. The number of hydrogen-bond donors (Lipinski definition) is 1. The quantitative estimate of drug-likeness (QED) is 0.798. The normalized spacial score (nSPS) is 17.6. The molecule has 1 N–H and O–H groups in total. The van der Waals surface area contributed by atoms with Crippen molar-refractivity contribution in [3.63, 3.8) is 0 Å². The molecule has 0 saturated carbocycles. The van der Waals surface area contributed by atoms with Crippen molar-refractivity contribution in [3.05, 3.63) is 35.8 Å². The van der Waals surface area contributed by atoms with Crippen molar-refractivity contribution in [1.29, 1.82) is 0 Å². The molecule has 0 spiro atoms. The second-order valence-corrected chi connectivity index (χ2v) is 8.71. The number of pyridine rings is 1. The highest BCUT2D eigenvalue weighted by Crippen LogP contribution is 2.24. The molecule has 0 bridgehead atoms. The Morgan fingerprint density at radius 3 is 2.55 bits per heavy atom. The molecule has 2 saturated heterocycles. The van der Waals surface area contributed by atoms with Gasteiger partial charge >= 0.3 is 0 Å². The molecule has 2 aliphatic heterocycles. The van der Waals surface area contributed by atoms with Crippen LogP contribution >= 0.6 is 0 Å². The predicted octanol–water partition coefficient (Wildman–Crippen LogP) is 2.99. The maximum Gasteiger partial charge on any atom is 0.254 e. The fourth-order valence-corrected chi connectivity index (χ4v) is 4.45. The minimum atomic E-state index is 0.0150. The zero-order valence-corrected chi connectivity index (χ0v) is 18.5. The van der Waals surface area contributed by atoms with Crippen molar-refractivity contribution in [2.75, 3.05) is 36.4 Å². The van der Waals surface area contributed by atoms with E-state index in [0.29, 0.717) is 31.0 Å². The number of hydrogen-bond acceptors (Lipinski definition) is 5. The van der Waals surface area contributed by atoms with E-state index in [-0.39, 0.29) is 11.8 Å². The zero-order chi connectivity index (χ0) is 21.8. The zero-order valence-electron chi connectivity index (χ0n) is 18.5. The van der Waals surface area contributed by atoms with Gasteiger partial charge in [-0.2, -0.15) is 5.10 Å². The number of rotatable bonds is 5. The Labute approximate surface area is 183 Å². The van der Waals surface area contributed by atoms with Gasteiger partial charge in [0.2, 0.25) is 5.91 Å². The van der Waals surface area contributed by atoms with Gasteiger partial charge in [-0.25, -0.2) is 4.98 Å². The number of aromatic nitrogens is 3. The summed E-state index contributed by atoms with van der Waals surface area (Å²) >= 11 is 0. The monoisotopic (exact) mass is 424 g/mol. The van der Waals surface area contributed by atoms with Gasteiger partial charge in [0.05, 0.1) is 17.6 Å². The van der Waals surface area contributed by atoms with Gasteiger partial charge in [-0.3, -0.25) is 14.3 Å². The lowest BCUT2D eigenvalue weighted by Gasteiger charge is -2.32. The Hall–Kier alpha value is -2.90. The third-order valence-corrected chi connectivity index (χ3v) is 6.56. The van der Waals surface area contributed by atoms with E-state index in [1.807, 2.05) is 31.0 Å². The summed E-state index contributed by atoms with van der Waals surface area (Å²) in [7, 11) is 1.86. The summed E-state index contributed by atoms with van der Waals surface area (Å²) in [5, 5.41) is 7.12. The number of piperidine rings is 2. The van der Waals surface area contributed by atoms with Gasteiger partial charge in [-0.05, 0) is 57.1 Å². The van der Waals surface area contributed by atoms with Gasteiger partial charge in [0.15, 0.2) is 0 Å². The topological polar surface area (TPSA) is 83.4 Å². The van der Waals surface area contributed by atoms with E-state index in [9.17, 15) is 9.59 Å². The van der Waals surface area contributed by atoms with Crippen LogP contribution in [-0.2, 0) is 11.8 Å². The number of nitrogens with zero attached hydrogens (tertiary/aromatic N) is 5. The molecule has 0 atom stereocenters. The number of nitrogens with one attached hydrogen (secondary N) is 1. The molecule has 0 radical (unpaired) electrons. The Morgan fingerprint density at radius 1 is 1.13 bits per heavy atom. The van der Waals surface area contributed by atoms with E-state index in [4.69, 9.17) is 0 Å². The molecule has 2 fully saturated rings. The molecular formula is C23H32N6O2. The SMILES string of the molecule is Cc1c(NC(=O)CC2CCN(C(=O)c3ccnc(N4CCCCC4)c3)CC2)cnn1C. The van der Waals surface area contributed by atoms with Crippen molar-refractivity contribution >= 4 is 23.3 Å². The Kier molecular flexibility index (Phi) is 6.53. The number of likely N-dealkylation sites (tertiary alicyclic amines) is 1. The molecule has 2 aromatic rings. The van der Waals surface area contributed by atoms with Crippen LogP contribution in [-0.4, -0.2) is 57.7 Å². The summed E-state index contributed by atoms with van der Waals surface area (Å²) in [6.45, 7) is 5.32. The van der Waals surface area contributed by atoms with E-state index in [2.05, 4.69) is 20.3 Å². The number of anilines is 2. The third-order valence-electron chi connectivity index (χ3n) is 6.56. The standard InChI is InChI=1S/C23H32N6O2/c1-17-20(16-25-27(17)2)26-22(30)14-18-7-12-29(13-8-18)23(31)19-6-9-24-21(15-19)28-10-4-3-5-11-28/h6,9,15-16,18H,3-5,7-8,10-14H2,1-2H3,(H,26,30). The minimum Gasteiger partial charge on any atom is -0.357 e. The van der Waals surface area contributed by atoms with Gasteiger partial charge < -0.3 is 15.1 Å². The molecule has 8 nitrogen and oxygen atoms in total. The molecule has 166 valence electrons. The highest BCUT2D eigenvalue weighted by molar-refractivity contribution is 5.95. The number of carbonyl (C=O) groups is 2. The smallest absolute Gasteiger partial charge is 0.254 e. The highest BCUT2D eigenvalue weighted by atomic mass is 16.2. The summed E-state index contributed by atoms with van der Waals surface area (Å²) in [5.74, 6) is 1.28. The number of amides is 2. The van der Waals surface area contributed by atoms with Gasteiger partial charge in [-0.1, -0.05) is 0 Å². The lowest BCUT2D eigenvalue weighted by molar-refractivity contribution is -0.117. The average Bonchev–Trinajstić information content (AvgIpc) is 3.12. The first-order chi connectivity index (χ1) is 15.0. The van der Waals surface area contributed by atoms with Crippen LogP contribution in [0.5, 0.6) is 0 Å². The number of carbonyl (C=O) groups excluding carboxylic acids is 2. The van der Waals surface area contributed by atoms with Crippen molar-refractivity contribution in [1.82, 2.24) is 19.7 Å². The van der Waals surface area contributed by atoms with Crippen LogP contribution in [0.3, 0.4) is 0 Å². The van der Waals surface area contributed by atoms with Crippen LogP contribution in [0.25, 0.3) is 0 Å². The van der Waals surface area contributed by atoms with Crippen LogP contribution in [0.4, 0.5) is 11.5 Å². The van der Waals surface area contributed by atoms with Crippen LogP contribution < -0.4 is 10.2 Å². The fraction of sp³-hybridized carbons (Fsp3) is 0.565. The third kappa shape index (κ3) is 5.06. The van der Waals surface area contributed by atoms with Crippen LogP contribution in [0.15, 0.2) is 24.5 Å². The van der Waals surface area contributed by atoms with E-state index in [1.54, 1.807) is 17.1 Å². The van der Waals surface area contributed by atoms with Gasteiger partial charge in [0, 0.05) is 51.4 Å². The summed E-state index contributed by atoms with van der Waals surface area (Å²) < 4.78 is 1.75. The Balaban J connectivity index is 1.29. The van der Waals surface area contributed by atoms with Gasteiger partial charge in [-0.15, -0.1) is 0 Å². The predicted molar refractivity (Wildman–Crippen MR) is 120 cm³/mol. The summed E-state index contributed by atoms with van der Waals surface area (Å²) in [6.07, 6.45) is 9.22. The second kappa shape index (κ2) is 9.49. The number of aryl methyl sites for hydroxylation is 1.